The molecule has 2 aromatic carbocycles. The van der Waals surface area contributed by atoms with Crippen LogP contribution in [0.2, 0.25) is 5.02 Å². The number of nitrogens with zero attached hydrogens (tertiary/aromatic N) is 3. The molecule has 7 nitrogen and oxygen atoms in total. The monoisotopic (exact) mass is 497 g/mol. The van der Waals surface area contributed by atoms with Crippen LogP contribution >= 0.6 is 11.6 Å². The van der Waals surface area contributed by atoms with Gasteiger partial charge in [-0.1, -0.05) is 29.8 Å². The van der Waals surface area contributed by atoms with Crippen molar-refractivity contribution < 1.29 is 23.5 Å². The predicted molar refractivity (Wildman–Crippen MR) is 129 cm³/mol. The molecule has 9 heteroatoms. The maximum Gasteiger partial charge on any atom is 0.255 e. The summed E-state index contributed by atoms with van der Waals surface area (Å²) in [6.07, 6.45) is 2.93. The number of hydrogen-bond donors (Lipinski definition) is 0. The lowest BCUT2D eigenvalue weighted by molar-refractivity contribution is -0.132. The predicted octanol–water partition coefficient (Wildman–Crippen LogP) is 3.95. The summed E-state index contributed by atoms with van der Waals surface area (Å²) in [4.78, 5) is 33.6. The standard InChI is InChI=1S/C26H25ClFN3O4/c1-34-21-7-4-18(5-8-21)13-30-14-22(35-17-19-3-2-10-29-12-19)15-31(16-25(30)32)26(33)23-9-6-20(28)11-24(23)27/h2-12,22H,13-17H2,1H3/t22-/m0/s1. The second kappa shape index (κ2) is 11.3. The minimum atomic E-state index is -0.540. The van der Waals surface area contributed by atoms with Gasteiger partial charge in [0.25, 0.3) is 5.91 Å². The maximum absolute atomic E-state index is 13.5. The highest BCUT2D eigenvalue weighted by Gasteiger charge is 2.32. The number of methoxy groups -OCH3 is 1. The van der Waals surface area contributed by atoms with E-state index in [2.05, 4.69) is 4.98 Å². The third-order valence-corrected chi connectivity index (χ3v) is 6.03. The zero-order valence-corrected chi connectivity index (χ0v) is 20.0. The van der Waals surface area contributed by atoms with Gasteiger partial charge in [-0.15, -0.1) is 0 Å². The van der Waals surface area contributed by atoms with E-state index in [0.717, 1.165) is 22.9 Å². The van der Waals surface area contributed by atoms with Crippen LogP contribution in [-0.4, -0.2) is 59.4 Å². The van der Waals surface area contributed by atoms with Gasteiger partial charge in [0.15, 0.2) is 0 Å². The van der Waals surface area contributed by atoms with E-state index in [0.29, 0.717) is 13.1 Å². The first kappa shape index (κ1) is 24.6. The average Bonchev–Trinajstić information content (AvgIpc) is 3.02. The number of carbonyl (C=O) groups is 2. The van der Waals surface area contributed by atoms with Crippen LogP contribution in [0.15, 0.2) is 67.0 Å². The Hall–Kier alpha value is -3.49. The smallest absolute Gasteiger partial charge is 0.255 e. The van der Waals surface area contributed by atoms with Crippen molar-refractivity contribution >= 4 is 23.4 Å². The average molecular weight is 498 g/mol. The molecule has 35 heavy (non-hydrogen) atoms. The van der Waals surface area contributed by atoms with E-state index in [1.165, 1.54) is 17.0 Å². The molecular formula is C26H25ClFN3O4. The van der Waals surface area contributed by atoms with E-state index in [4.69, 9.17) is 21.1 Å². The van der Waals surface area contributed by atoms with Gasteiger partial charge < -0.3 is 19.3 Å². The quantitative estimate of drug-likeness (QED) is 0.494. The Bertz CT molecular complexity index is 1180. The van der Waals surface area contributed by atoms with Crippen molar-refractivity contribution in [2.45, 2.75) is 19.3 Å². The molecule has 1 aliphatic rings. The van der Waals surface area contributed by atoms with Gasteiger partial charge >= 0.3 is 0 Å². The number of aromatic nitrogens is 1. The largest absolute Gasteiger partial charge is 0.497 e. The van der Waals surface area contributed by atoms with Crippen LogP contribution in [0.3, 0.4) is 0 Å². The van der Waals surface area contributed by atoms with Crippen LogP contribution < -0.4 is 4.74 Å². The lowest BCUT2D eigenvalue weighted by Crippen LogP contribution is -2.39. The number of hydrogen-bond acceptors (Lipinski definition) is 5. The van der Waals surface area contributed by atoms with Gasteiger partial charge in [0, 0.05) is 32.0 Å². The highest BCUT2D eigenvalue weighted by Crippen LogP contribution is 2.22. The van der Waals surface area contributed by atoms with Crippen molar-refractivity contribution in [3.8, 4) is 5.75 Å². The second-order valence-corrected chi connectivity index (χ2v) is 8.63. The van der Waals surface area contributed by atoms with E-state index in [-0.39, 0.29) is 36.2 Å². The molecule has 0 N–H and O–H groups in total. The fraction of sp³-hybridized carbons (Fsp3) is 0.269. The van der Waals surface area contributed by atoms with Crippen LogP contribution in [0.5, 0.6) is 5.75 Å². The van der Waals surface area contributed by atoms with Crippen LogP contribution in [0.1, 0.15) is 21.5 Å². The number of carbonyl (C=O) groups excluding carboxylic acids is 2. The van der Waals surface area contributed by atoms with Gasteiger partial charge in [0.2, 0.25) is 5.91 Å². The van der Waals surface area contributed by atoms with Crippen molar-refractivity contribution in [2.24, 2.45) is 0 Å². The summed E-state index contributed by atoms with van der Waals surface area (Å²) >= 11 is 6.13. The summed E-state index contributed by atoms with van der Waals surface area (Å²) in [5.74, 6) is -0.493. The Kier molecular flexibility index (Phi) is 7.94. The van der Waals surface area contributed by atoms with Gasteiger partial charge in [0.05, 0.1) is 30.4 Å². The first-order chi connectivity index (χ1) is 16.9. The molecule has 1 fully saturated rings. The third kappa shape index (κ3) is 6.35. The van der Waals surface area contributed by atoms with Gasteiger partial charge in [-0.05, 0) is 47.5 Å². The van der Waals surface area contributed by atoms with Crippen LogP contribution in [0.25, 0.3) is 0 Å². The molecule has 1 aromatic heterocycles. The Morgan fingerprint density at radius 1 is 1.14 bits per heavy atom. The summed E-state index contributed by atoms with van der Waals surface area (Å²) in [5, 5.41) is -0.00499. The van der Waals surface area contributed by atoms with Crippen molar-refractivity contribution in [1.29, 1.82) is 0 Å². The molecule has 0 aliphatic carbocycles. The first-order valence-corrected chi connectivity index (χ1v) is 11.5. The van der Waals surface area contributed by atoms with Crippen molar-refractivity contribution in [1.82, 2.24) is 14.8 Å². The molecule has 1 aliphatic heterocycles. The number of ether oxygens (including phenoxy) is 2. The summed E-state index contributed by atoms with van der Waals surface area (Å²) in [7, 11) is 1.59. The Labute approximate surface area is 208 Å². The minimum Gasteiger partial charge on any atom is -0.497 e. The molecule has 2 heterocycles. The second-order valence-electron chi connectivity index (χ2n) is 8.23. The van der Waals surface area contributed by atoms with Crippen LogP contribution in [0.4, 0.5) is 4.39 Å². The summed E-state index contributed by atoms with van der Waals surface area (Å²) < 4.78 is 24.8. The van der Waals surface area contributed by atoms with Crippen LogP contribution in [-0.2, 0) is 22.7 Å². The fourth-order valence-corrected chi connectivity index (χ4v) is 4.12. The number of rotatable bonds is 7. The SMILES string of the molecule is COc1ccc(CN2C[C@H](OCc3cccnc3)CN(C(=O)c3ccc(F)cc3Cl)CC2=O)cc1. The molecule has 0 unspecified atom stereocenters. The molecule has 182 valence electrons. The Morgan fingerprint density at radius 2 is 1.94 bits per heavy atom. The number of benzene rings is 2. The molecule has 0 saturated carbocycles. The molecular weight excluding hydrogens is 473 g/mol. The number of pyridine rings is 1. The summed E-state index contributed by atoms with van der Waals surface area (Å²) in [6, 6.07) is 14.7. The van der Waals surface area contributed by atoms with Gasteiger partial charge in [0.1, 0.15) is 18.1 Å². The molecule has 0 bridgehead atoms. The van der Waals surface area contributed by atoms with Crippen LogP contribution in [0, 0.1) is 5.82 Å². The maximum atomic E-state index is 13.5. The van der Waals surface area contributed by atoms with Crippen molar-refractivity contribution in [2.75, 3.05) is 26.7 Å². The van der Waals surface area contributed by atoms with Gasteiger partial charge in [-0.3, -0.25) is 14.6 Å². The summed E-state index contributed by atoms with van der Waals surface area (Å²) in [6.45, 7) is 0.969. The molecule has 3 aromatic rings. The van der Waals surface area contributed by atoms with E-state index < -0.39 is 17.8 Å². The number of halogens is 2. The normalized spacial score (nSPS) is 16.2. The summed E-state index contributed by atoms with van der Waals surface area (Å²) in [5.41, 5.74) is 1.94. The molecule has 0 spiro atoms. The Balaban J connectivity index is 1.55. The third-order valence-electron chi connectivity index (χ3n) is 5.72. The van der Waals surface area contributed by atoms with Crippen molar-refractivity contribution in [3.05, 3.63) is 94.5 Å². The molecule has 1 atom stereocenters. The van der Waals surface area contributed by atoms with E-state index >= 15 is 0 Å². The number of amides is 2. The minimum absolute atomic E-state index is 0.00499. The molecule has 0 radical (unpaired) electrons. The molecule has 2 amide bonds. The lowest BCUT2D eigenvalue weighted by Gasteiger charge is -2.25. The molecule has 4 rings (SSSR count). The zero-order valence-electron chi connectivity index (χ0n) is 19.2. The fourth-order valence-electron chi connectivity index (χ4n) is 3.87. The lowest BCUT2D eigenvalue weighted by atomic mass is 10.2. The Morgan fingerprint density at radius 3 is 2.63 bits per heavy atom. The van der Waals surface area contributed by atoms with E-state index in [9.17, 15) is 14.0 Å². The van der Waals surface area contributed by atoms with E-state index in [1.807, 2.05) is 36.4 Å². The van der Waals surface area contributed by atoms with Gasteiger partial charge in [-0.25, -0.2) is 4.39 Å². The first-order valence-electron chi connectivity index (χ1n) is 11.1. The van der Waals surface area contributed by atoms with Gasteiger partial charge in [-0.2, -0.15) is 0 Å². The molecule has 1 saturated heterocycles. The topological polar surface area (TPSA) is 72.0 Å². The zero-order chi connectivity index (χ0) is 24.8. The highest BCUT2D eigenvalue weighted by atomic mass is 35.5. The van der Waals surface area contributed by atoms with Crippen molar-refractivity contribution in [3.63, 3.8) is 0 Å². The highest BCUT2D eigenvalue weighted by molar-refractivity contribution is 6.33. The van der Waals surface area contributed by atoms with E-state index in [1.54, 1.807) is 24.4 Å².